The lowest BCUT2D eigenvalue weighted by Crippen LogP contribution is -2.56. The van der Waals surface area contributed by atoms with E-state index in [4.69, 9.17) is 10.5 Å². The summed E-state index contributed by atoms with van der Waals surface area (Å²) in [7, 11) is 0. The van der Waals surface area contributed by atoms with Crippen molar-refractivity contribution in [3.05, 3.63) is 29.6 Å². The third kappa shape index (κ3) is 3.67. The van der Waals surface area contributed by atoms with Crippen molar-refractivity contribution in [3.8, 4) is 0 Å². The van der Waals surface area contributed by atoms with Gasteiger partial charge in [-0.05, 0) is 39.8 Å². The lowest BCUT2D eigenvalue weighted by molar-refractivity contribution is -0.182. The summed E-state index contributed by atoms with van der Waals surface area (Å²) in [6.45, 7) is 10.4. The molecule has 0 unspecified atom stereocenters. The summed E-state index contributed by atoms with van der Waals surface area (Å²) >= 11 is 0. The lowest BCUT2D eigenvalue weighted by Gasteiger charge is -2.47. The van der Waals surface area contributed by atoms with Gasteiger partial charge in [0.2, 0.25) is 0 Å². The maximum absolute atomic E-state index is 13.9. The second kappa shape index (κ2) is 4.76. The number of morpholine rings is 1. The number of hydrogen-bond donors (Lipinski definition) is 1. The van der Waals surface area contributed by atoms with E-state index in [0.717, 1.165) is 13.1 Å². The molecule has 2 N–H and O–H groups in total. The number of nitrogens with zero attached hydrogens (tertiary/aromatic N) is 1. The van der Waals surface area contributed by atoms with Crippen LogP contribution in [0.5, 0.6) is 0 Å². The fourth-order valence-corrected chi connectivity index (χ4v) is 2.99. The van der Waals surface area contributed by atoms with Gasteiger partial charge in [0.05, 0.1) is 11.2 Å². The fraction of sp³-hybridized carbons (Fsp3) is 0.600. The van der Waals surface area contributed by atoms with Gasteiger partial charge < -0.3 is 10.5 Å². The van der Waals surface area contributed by atoms with Crippen molar-refractivity contribution in [2.75, 3.05) is 18.8 Å². The van der Waals surface area contributed by atoms with Crippen LogP contribution in [0, 0.1) is 5.82 Å². The van der Waals surface area contributed by atoms with E-state index in [2.05, 4.69) is 32.6 Å². The second-order valence-corrected chi connectivity index (χ2v) is 6.62. The van der Waals surface area contributed by atoms with Crippen LogP contribution in [0.2, 0.25) is 0 Å². The van der Waals surface area contributed by atoms with Crippen LogP contribution in [0.4, 0.5) is 10.1 Å². The average molecular weight is 266 g/mol. The Morgan fingerprint density at radius 3 is 2.32 bits per heavy atom. The van der Waals surface area contributed by atoms with Gasteiger partial charge in [0.15, 0.2) is 0 Å². The van der Waals surface area contributed by atoms with E-state index in [1.807, 2.05) is 0 Å². The minimum Gasteiger partial charge on any atom is -0.399 e. The molecule has 4 heteroatoms. The summed E-state index contributed by atoms with van der Waals surface area (Å²) in [6, 6.07) is 4.89. The summed E-state index contributed by atoms with van der Waals surface area (Å²) in [4.78, 5) is 2.23. The van der Waals surface area contributed by atoms with Crippen molar-refractivity contribution < 1.29 is 9.13 Å². The summed E-state index contributed by atoms with van der Waals surface area (Å²) < 4.78 is 19.9. The molecule has 0 aliphatic carbocycles. The van der Waals surface area contributed by atoms with E-state index in [-0.39, 0.29) is 17.0 Å². The summed E-state index contributed by atoms with van der Waals surface area (Å²) in [5, 5.41) is 0. The Balaban J connectivity index is 2.14. The fourth-order valence-electron chi connectivity index (χ4n) is 2.99. The van der Waals surface area contributed by atoms with Crippen LogP contribution in [0.1, 0.15) is 33.3 Å². The predicted octanol–water partition coefficient (Wildman–Crippen LogP) is 2.80. The highest BCUT2D eigenvalue weighted by atomic mass is 19.1. The first kappa shape index (κ1) is 14.3. The molecule has 1 heterocycles. The van der Waals surface area contributed by atoms with Gasteiger partial charge in [-0.2, -0.15) is 0 Å². The molecule has 2 rings (SSSR count). The van der Waals surface area contributed by atoms with Crippen LogP contribution in [0.25, 0.3) is 0 Å². The molecule has 1 aromatic carbocycles. The molecule has 0 atom stereocenters. The Bertz CT molecular complexity index is 455. The molecule has 1 saturated heterocycles. The molecule has 1 aromatic rings. The molecule has 0 saturated carbocycles. The predicted molar refractivity (Wildman–Crippen MR) is 75.3 cm³/mol. The van der Waals surface area contributed by atoms with E-state index in [0.29, 0.717) is 17.8 Å². The number of halogens is 1. The number of ether oxygens (including phenoxy) is 1. The molecule has 0 amide bonds. The summed E-state index contributed by atoms with van der Waals surface area (Å²) in [5.74, 6) is -0.234. The molecule has 1 aliphatic heterocycles. The second-order valence-electron chi connectivity index (χ2n) is 6.62. The first-order valence-electron chi connectivity index (χ1n) is 6.63. The van der Waals surface area contributed by atoms with Crippen molar-refractivity contribution >= 4 is 5.69 Å². The van der Waals surface area contributed by atoms with E-state index in [1.165, 1.54) is 6.07 Å². The largest absolute Gasteiger partial charge is 0.399 e. The zero-order valence-electron chi connectivity index (χ0n) is 12.2. The highest BCUT2D eigenvalue weighted by Gasteiger charge is 2.38. The minimum atomic E-state index is -0.234. The molecular formula is C15H23FN2O. The number of hydrogen-bond acceptors (Lipinski definition) is 3. The Kier molecular flexibility index (Phi) is 3.58. The Labute approximate surface area is 114 Å². The van der Waals surface area contributed by atoms with Gasteiger partial charge in [-0.3, -0.25) is 4.90 Å². The van der Waals surface area contributed by atoms with Gasteiger partial charge in [0.1, 0.15) is 5.82 Å². The summed E-state index contributed by atoms with van der Waals surface area (Å²) in [6.07, 6.45) is 0. The molecule has 0 spiro atoms. The number of benzene rings is 1. The van der Waals surface area contributed by atoms with Gasteiger partial charge in [-0.25, -0.2) is 4.39 Å². The van der Waals surface area contributed by atoms with Crippen molar-refractivity contribution in [3.63, 3.8) is 0 Å². The standard InChI is InChI=1S/C15H23FN2O/c1-14(2)9-18(10-15(3,4)19-14)8-11-5-6-12(17)7-13(11)16/h5-7H,8-10,17H2,1-4H3. The Morgan fingerprint density at radius 1 is 1.21 bits per heavy atom. The Morgan fingerprint density at radius 2 is 1.79 bits per heavy atom. The van der Waals surface area contributed by atoms with Gasteiger partial charge >= 0.3 is 0 Å². The average Bonchev–Trinajstić information content (AvgIpc) is 2.17. The number of nitrogens with two attached hydrogens (primary N) is 1. The highest BCUT2D eigenvalue weighted by molar-refractivity contribution is 5.40. The van der Waals surface area contributed by atoms with Crippen LogP contribution >= 0.6 is 0 Å². The monoisotopic (exact) mass is 266 g/mol. The summed E-state index contributed by atoms with van der Waals surface area (Å²) in [5.41, 5.74) is 6.29. The third-order valence-electron chi connectivity index (χ3n) is 3.23. The zero-order valence-corrected chi connectivity index (χ0v) is 12.2. The van der Waals surface area contributed by atoms with Crippen molar-refractivity contribution in [1.82, 2.24) is 4.90 Å². The molecule has 1 fully saturated rings. The van der Waals surface area contributed by atoms with E-state index < -0.39 is 0 Å². The molecule has 3 nitrogen and oxygen atoms in total. The van der Waals surface area contributed by atoms with Crippen LogP contribution in [0.15, 0.2) is 18.2 Å². The van der Waals surface area contributed by atoms with E-state index in [1.54, 1.807) is 12.1 Å². The lowest BCUT2D eigenvalue weighted by atomic mass is 9.98. The quantitative estimate of drug-likeness (QED) is 0.837. The van der Waals surface area contributed by atoms with Crippen molar-refractivity contribution in [2.45, 2.75) is 45.4 Å². The first-order valence-corrected chi connectivity index (χ1v) is 6.63. The van der Waals surface area contributed by atoms with Crippen LogP contribution < -0.4 is 5.73 Å². The Hall–Kier alpha value is -1.13. The molecule has 19 heavy (non-hydrogen) atoms. The molecule has 0 aromatic heterocycles. The van der Waals surface area contributed by atoms with Gasteiger partial charge in [0.25, 0.3) is 0 Å². The van der Waals surface area contributed by atoms with E-state index in [9.17, 15) is 4.39 Å². The molecular weight excluding hydrogens is 243 g/mol. The molecule has 0 radical (unpaired) electrons. The molecule has 106 valence electrons. The number of rotatable bonds is 2. The van der Waals surface area contributed by atoms with Crippen LogP contribution in [0.3, 0.4) is 0 Å². The maximum Gasteiger partial charge on any atom is 0.129 e. The first-order chi connectivity index (χ1) is 8.67. The van der Waals surface area contributed by atoms with Gasteiger partial charge in [-0.15, -0.1) is 0 Å². The topological polar surface area (TPSA) is 38.5 Å². The smallest absolute Gasteiger partial charge is 0.129 e. The van der Waals surface area contributed by atoms with E-state index >= 15 is 0 Å². The van der Waals surface area contributed by atoms with Gasteiger partial charge in [-0.1, -0.05) is 6.07 Å². The SMILES string of the molecule is CC1(C)CN(Cc2ccc(N)cc2F)CC(C)(C)O1. The van der Waals surface area contributed by atoms with Crippen LogP contribution in [-0.2, 0) is 11.3 Å². The molecule has 1 aliphatic rings. The minimum absolute atomic E-state index is 0.216. The van der Waals surface area contributed by atoms with Crippen LogP contribution in [-0.4, -0.2) is 29.2 Å². The normalized spacial score (nSPS) is 22.4. The number of nitrogen functional groups attached to an aromatic ring is 1. The van der Waals surface area contributed by atoms with Gasteiger partial charge in [0, 0.05) is 30.9 Å². The van der Waals surface area contributed by atoms with Crippen molar-refractivity contribution in [2.24, 2.45) is 0 Å². The third-order valence-corrected chi connectivity index (χ3v) is 3.23. The molecule has 0 bridgehead atoms. The maximum atomic E-state index is 13.9. The number of anilines is 1. The highest BCUT2D eigenvalue weighted by Crippen LogP contribution is 2.29. The zero-order chi connectivity index (χ0) is 14.3. The van der Waals surface area contributed by atoms with Crippen molar-refractivity contribution in [1.29, 1.82) is 0 Å².